The van der Waals surface area contributed by atoms with E-state index in [0.717, 1.165) is 5.69 Å². The second-order valence-corrected chi connectivity index (χ2v) is 3.85. The van der Waals surface area contributed by atoms with Gasteiger partial charge in [0, 0.05) is 13.5 Å². The number of nitrogens with zero attached hydrogens (tertiary/aromatic N) is 3. The molecule has 0 fully saturated rings. The molecule has 0 saturated carbocycles. The summed E-state index contributed by atoms with van der Waals surface area (Å²) >= 11 is 0. The Labute approximate surface area is 88.1 Å². The van der Waals surface area contributed by atoms with Crippen LogP contribution in [0.5, 0.6) is 0 Å². The molecule has 1 aromatic heterocycles. The minimum Gasteiger partial charge on any atom is -0.480 e. The highest BCUT2D eigenvalue weighted by atomic mass is 16.4. The van der Waals surface area contributed by atoms with Gasteiger partial charge in [0.1, 0.15) is 6.04 Å². The predicted molar refractivity (Wildman–Crippen MR) is 54.4 cm³/mol. The van der Waals surface area contributed by atoms with Gasteiger partial charge in [-0.25, -0.2) is 0 Å². The number of hydrogen-bond acceptors (Lipinski definition) is 4. The molecule has 6 heteroatoms. The van der Waals surface area contributed by atoms with Gasteiger partial charge in [0.15, 0.2) is 0 Å². The number of rotatable bonds is 4. The smallest absolute Gasteiger partial charge is 0.320 e. The van der Waals surface area contributed by atoms with Gasteiger partial charge in [0.2, 0.25) is 0 Å². The van der Waals surface area contributed by atoms with Crippen molar-refractivity contribution in [3.8, 4) is 0 Å². The molecule has 3 N–H and O–H groups in total. The van der Waals surface area contributed by atoms with Crippen LogP contribution in [0.3, 0.4) is 0 Å². The van der Waals surface area contributed by atoms with Gasteiger partial charge >= 0.3 is 5.97 Å². The molecule has 0 spiro atoms. The minimum atomic E-state index is -1.02. The van der Waals surface area contributed by atoms with E-state index in [1.54, 1.807) is 11.7 Å². The fraction of sp³-hybridized carbons (Fsp3) is 0.667. The molecule has 0 aliphatic carbocycles. The molecule has 0 aromatic carbocycles. The quantitative estimate of drug-likeness (QED) is 0.726. The minimum absolute atomic E-state index is 0.219. The standard InChI is InChI=1S/C9H16N4O2/c1-5(2)8-7(11-12-13(8)3)4-6(10)9(14)15/h5-6H,4,10H2,1-3H3,(H,14,15). The first-order valence-corrected chi connectivity index (χ1v) is 4.80. The lowest BCUT2D eigenvalue weighted by Gasteiger charge is -2.09. The summed E-state index contributed by atoms with van der Waals surface area (Å²) in [5.41, 5.74) is 7.06. The van der Waals surface area contributed by atoms with Crippen molar-refractivity contribution in [1.82, 2.24) is 15.0 Å². The molecule has 15 heavy (non-hydrogen) atoms. The maximum Gasteiger partial charge on any atom is 0.320 e. The number of carboxylic acid groups (broad SMARTS) is 1. The van der Waals surface area contributed by atoms with E-state index in [2.05, 4.69) is 10.3 Å². The number of carbonyl (C=O) groups is 1. The zero-order valence-electron chi connectivity index (χ0n) is 9.14. The van der Waals surface area contributed by atoms with E-state index >= 15 is 0 Å². The van der Waals surface area contributed by atoms with Gasteiger partial charge in [-0.15, -0.1) is 5.10 Å². The Morgan fingerprint density at radius 2 is 2.20 bits per heavy atom. The number of nitrogens with two attached hydrogens (primary N) is 1. The lowest BCUT2D eigenvalue weighted by Crippen LogP contribution is -2.32. The van der Waals surface area contributed by atoms with Crippen LogP contribution in [0, 0.1) is 0 Å². The lowest BCUT2D eigenvalue weighted by atomic mass is 10.0. The van der Waals surface area contributed by atoms with E-state index < -0.39 is 12.0 Å². The van der Waals surface area contributed by atoms with Crippen LogP contribution in [0.1, 0.15) is 31.2 Å². The van der Waals surface area contributed by atoms with E-state index in [1.807, 2.05) is 13.8 Å². The molecule has 84 valence electrons. The highest BCUT2D eigenvalue weighted by Crippen LogP contribution is 2.17. The third kappa shape index (κ3) is 2.53. The predicted octanol–water partition coefficient (Wildman–Crippen LogP) is -0.107. The van der Waals surface area contributed by atoms with Crippen molar-refractivity contribution in [2.45, 2.75) is 32.2 Å². The topological polar surface area (TPSA) is 94.0 Å². The van der Waals surface area contributed by atoms with Gasteiger partial charge in [-0.1, -0.05) is 19.1 Å². The summed E-state index contributed by atoms with van der Waals surface area (Å²) < 4.78 is 1.66. The molecule has 0 saturated heterocycles. The van der Waals surface area contributed by atoms with Crippen LogP contribution in [0.25, 0.3) is 0 Å². The Morgan fingerprint density at radius 3 is 2.67 bits per heavy atom. The normalized spacial score (nSPS) is 13.1. The van der Waals surface area contributed by atoms with Crippen molar-refractivity contribution >= 4 is 5.97 Å². The van der Waals surface area contributed by atoms with Crippen LogP contribution in [0.15, 0.2) is 0 Å². The maximum absolute atomic E-state index is 10.6. The van der Waals surface area contributed by atoms with Crippen molar-refractivity contribution in [1.29, 1.82) is 0 Å². The summed E-state index contributed by atoms with van der Waals surface area (Å²) in [6.07, 6.45) is 0.219. The third-order valence-electron chi connectivity index (χ3n) is 2.22. The number of aliphatic carboxylic acids is 1. The number of aromatic nitrogens is 3. The van der Waals surface area contributed by atoms with Crippen molar-refractivity contribution < 1.29 is 9.90 Å². The van der Waals surface area contributed by atoms with E-state index in [-0.39, 0.29) is 12.3 Å². The molecule has 1 heterocycles. The Bertz CT molecular complexity index is 359. The summed E-state index contributed by atoms with van der Waals surface area (Å²) in [7, 11) is 1.79. The third-order valence-corrected chi connectivity index (χ3v) is 2.22. The largest absolute Gasteiger partial charge is 0.480 e. The van der Waals surface area contributed by atoms with Crippen molar-refractivity contribution in [3.05, 3.63) is 11.4 Å². The SMILES string of the molecule is CC(C)c1c(CC(N)C(=O)O)nnn1C. The van der Waals surface area contributed by atoms with Gasteiger partial charge in [0.25, 0.3) is 0 Å². The van der Waals surface area contributed by atoms with Crippen molar-refractivity contribution in [3.63, 3.8) is 0 Å². The van der Waals surface area contributed by atoms with Crippen LogP contribution in [-0.2, 0) is 18.3 Å². The molecule has 1 aromatic rings. The molecule has 1 atom stereocenters. The van der Waals surface area contributed by atoms with Crippen LogP contribution in [0.2, 0.25) is 0 Å². The van der Waals surface area contributed by atoms with Crippen LogP contribution < -0.4 is 5.73 Å². The molecule has 0 amide bonds. The molecular formula is C9H16N4O2. The average molecular weight is 212 g/mol. The Hall–Kier alpha value is -1.43. The first-order valence-electron chi connectivity index (χ1n) is 4.80. The van der Waals surface area contributed by atoms with Gasteiger partial charge in [-0.05, 0) is 5.92 Å². The van der Waals surface area contributed by atoms with Gasteiger partial charge in [-0.2, -0.15) is 0 Å². The first kappa shape index (κ1) is 11.6. The van der Waals surface area contributed by atoms with Crippen LogP contribution >= 0.6 is 0 Å². The Balaban J connectivity index is 2.90. The van der Waals surface area contributed by atoms with E-state index in [1.165, 1.54) is 0 Å². The van der Waals surface area contributed by atoms with Crippen LogP contribution in [0.4, 0.5) is 0 Å². The van der Waals surface area contributed by atoms with E-state index in [0.29, 0.717) is 5.69 Å². The fourth-order valence-corrected chi connectivity index (χ4v) is 1.56. The number of carboxylic acids is 1. The Kier molecular flexibility index (Phi) is 3.41. The van der Waals surface area contributed by atoms with Gasteiger partial charge in [-0.3, -0.25) is 9.48 Å². The number of hydrogen-bond donors (Lipinski definition) is 2. The molecule has 0 bridgehead atoms. The number of aryl methyl sites for hydroxylation is 1. The lowest BCUT2D eigenvalue weighted by molar-refractivity contribution is -0.138. The second kappa shape index (κ2) is 4.39. The monoisotopic (exact) mass is 212 g/mol. The van der Waals surface area contributed by atoms with Crippen molar-refractivity contribution in [2.75, 3.05) is 0 Å². The molecule has 1 unspecified atom stereocenters. The molecular weight excluding hydrogens is 196 g/mol. The zero-order valence-corrected chi connectivity index (χ0v) is 9.14. The first-order chi connectivity index (χ1) is 6.93. The second-order valence-electron chi connectivity index (χ2n) is 3.85. The maximum atomic E-state index is 10.6. The van der Waals surface area contributed by atoms with Crippen molar-refractivity contribution in [2.24, 2.45) is 12.8 Å². The van der Waals surface area contributed by atoms with E-state index in [4.69, 9.17) is 10.8 Å². The molecule has 0 radical (unpaired) electrons. The highest BCUT2D eigenvalue weighted by Gasteiger charge is 2.20. The van der Waals surface area contributed by atoms with Gasteiger partial charge in [0.05, 0.1) is 11.4 Å². The summed E-state index contributed by atoms with van der Waals surface area (Å²) in [6, 6.07) is -0.917. The summed E-state index contributed by atoms with van der Waals surface area (Å²) in [6.45, 7) is 4.02. The molecule has 6 nitrogen and oxygen atoms in total. The Morgan fingerprint density at radius 1 is 1.60 bits per heavy atom. The fourth-order valence-electron chi connectivity index (χ4n) is 1.56. The summed E-state index contributed by atoms with van der Waals surface area (Å²) in [5, 5.41) is 16.5. The summed E-state index contributed by atoms with van der Waals surface area (Å²) in [5.74, 6) is -0.767. The van der Waals surface area contributed by atoms with Crippen LogP contribution in [-0.4, -0.2) is 32.1 Å². The highest BCUT2D eigenvalue weighted by molar-refractivity contribution is 5.73. The van der Waals surface area contributed by atoms with E-state index in [9.17, 15) is 4.79 Å². The molecule has 0 aliphatic heterocycles. The van der Waals surface area contributed by atoms with Gasteiger partial charge < -0.3 is 10.8 Å². The molecule has 1 rings (SSSR count). The zero-order chi connectivity index (χ0) is 11.6. The molecule has 0 aliphatic rings. The average Bonchev–Trinajstić information content (AvgIpc) is 2.46. The summed E-state index contributed by atoms with van der Waals surface area (Å²) in [4.78, 5) is 10.6.